The molecule has 6 rings (SSSR count). The molecule has 0 aromatic heterocycles. The highest BCUT2D eigenvalue weighted by Crippen LogP contribution is 2.43. The number of rotatable bonds is 4. The van der Waals surface area contributed by atoms with Crippen LogP contribution in [-0.2, 0) is 31.9 Å². The highest BCUT2D eigenvalue weighted by molar-refractivity contribution is 6.30. The molecule has 0 spiro atoms. The first-order valence-corrected chi connectivity index (χ1v) is 13.8. The topological polar surface area (TPSA) is 24.9 Å². The van der Waals surface area contributed by atoms with Gasteiger partial charge < -0.3 is 19.3 Å². The summed E-state index contributed by atoms with van der Waals surface area (Å²) in [6.45, 7) is 0.253. The van der Waals surface area contributed by atoms with E-state index in [2.05, 4.69) is 0 Å². The van der Waals surface area contributed by atoms with E-state index < -0.39 is 23.5 Å². The van der Waals surface area contributed by atoms with Crippen LogP contribution in [0.25, 0.3) is 0 Å². The molecule has 0 aliphatic carbocycles. The Kier molecular flexibility index (Phi) is 7.54. The number of fused-ring (bicyclic) bond motifs is 2. The molecule has 224 valence electrons. The Labute approximate surface area is 252 Å². The van der Waals surface area contributed by atoms with E-state index in [0.29, 0.717) is 21.4 Å². The molecular weight excluding hydrogens is 617 g/mol. The van der Waals surface area contributed by atoms with Gasteiger partial charge in [0.25, 0.3) is 0 Å². The van der Waals surface area contributed by atoms with Gasteiger partial charge in [0, 0.05) is 52.1 Å². The van der Waals surface area contributed by atoms with Gasteiger partial charge in [-0.1, -0.05) is 23.2 Å². The quantitative estimate of drug-likeness (QED) is 0.208. The molecule has 0 radical (unpaired) electrons. The molecule has 2 aliphatic rings. The van der Waals surface area contributed by atoms with Gasteiger partial charge in [-0.25, -0.2) is 0 Å². The Bertz CT molecular complexity index is 1530. The Morgan fingerprint density at radius 1 is 0.581 bits per heavy atom. The lowest BCUT2D eigenvalue weighted by molar-refractivity contribution is -0.138. The first-order valence-electron chi connectivity index (χ1n) is 13.1. The van der Waals surface area contributed by atoms with Crippen molar-refractivity contribution in [2.45, 2.75) is 31.9 Å². The van der Waals surface area contributed by atoms with Crippen LogP contribution in [0.2, 0.25) is 10.0 Å². The molecule has 0 atom stereocenters. The highest BCUT2D eigenvalue weighted by Gasteiger charge is 2.36. The molecule has 4 aromatic carbocycles. The van der Waals surface area contributed by atoms with Crippen molar-refractivity contribution in [3.8, 4) is 11.5 Å². The van der Waals surface area contributed by atoms with Crippen molar-refractivity contribution in [3.63, 3.8) is 0 Å². The van der Waals surface area contributed by atoms with Gasteiger partial charge in [0.1, 0.15) is 11.5 Å². The van der Waals surface area contributed by atoms with Crippen LogP contribution in [0.15, 0.2) is 72.8 Å². The normalized spacial score (nSPS) is 15.0. The van der Waals surface area contributed by atoms with Crippen molar-refractivity contribution >= 4 is 34.6 Å². The summed E-state index contributed by atoms with van der Waals surface area (Å²) < 4.78 is 96.0. The average molecular weight is 639 g/mol. The van der Waals surface area contributed by atoms with Crippen LogP contribution < -0.4 is 19.3 Å². The van der Waals surface area contributed by atoms with Crippen molar-refractivity contribution in [2.75, 3.05) is 23.3 Å². The minimum absolute atomic E-state index is 0.0280. The number of ether oxygens (including phenoxy) is 2. The van der Waals surface area contributed by atoms with Crippen molar-refractivity contribution in [3.05, 3.63) is 116 Å². The fourth-order valence-electron chi connectivity index (χ4n) is 5.33. The van der Waals surface area contributed by atoms with Gasteiger partial charge in [0.15, 0.2) is 13.5 Å². The molecule has 4 nitrogen and oxygen atoms in total. The van der Waals surface area contributed by atoms with Crippen LogP contribution >= 0.6 is 23.2 Å². The summed E-state index contributed by atoms with van der Waals surface area (Å²) >= 11 is 11.9. The summed E-state index contributed by atoms with van der Waals surface area (Å²) in [5.41, 5.74) is 0.316. The lowest BCUT2D eigenvalue weighted by Gasteiger charge is -2.34. The van der Waals surface area contributed by atoms with E-state index in [0.717, 1.165) is 24.3 Å². The zero-order valence-electron chi connectivity index (χ0n) is 22.2. The van der Waals surface area contributed by atoms with E-state index in [-0.39, 0.29) is 66.7 Å². The molecule has 2 heterocycles. The zero-order valence-corrected chi connectivity index (χ0v) is 23.7. The standard InChI is InChI=1S/C31H22Cl2F6N2O2/c32-24-1-5-26(6-2-24)40-14-20-12-22(30(34,35)36)10-18(28(20)42-16-40)9-19-11-23(31(37,38)39)13-21-15-41(17-43-29(19)21)27-7-3-25(33)4-8-27/h1-8,10-13H,9,14-17H2. The number of nitrogens with zero attached hydrogens (tertiary/aromatic N) is 2. The fourth-order valence-corrected chi connectivity index (χ4v) is 5.58. The summed E-state index contributed by atoms with van der Waals surface area (Å²) in [6, 6.07) is 17.5. The molecule has 2 aliphatic heterocycles. The van der Waals surface area contributed by atoms with Crippen LogP contribution in [-0.4, -0.2) is 13.5 Å². The van der Waals surface area contributed by atoms with Crippen LogP contribution in [0.1, 0.15) is 33.4 Å². The predicted molar refractivity (Wildman–Crippen MR) is 152 cm³/mol. The van der Waals surface area contributed by atoms with Gasteiger partial charge in [0.2, 0.25) is 0 Å². The van der Waals surface area contributed by atoms with Crippen LogP contribution in [0.5, 0.6) is 11.5 Å². The third-order valence-electron chi connectivity index (χ3n) is 7.36. The van der Waals surface area contributed by atoms with Gasteiger partial charge in [-0.3, -0.25) is 0 Å². The Balaban J connectivity index is 1.39. The molecule has 0 saturated carbocycles. The smallest absolute Gasteiger partial charge is 0.416 e. The van der Waals surface area contributed by atoms with Gasteiger partial charge in [-0.15, -0.1) is 0 Å². The van der Waals surface area contributed by atoms with Crippen molar-refractivity contribution in [1.29, 1.82) is 0 Å². The maximum absolute atomic E-state index is 14.0. The molecule has 4 aromatic rings. The van der Waals surface area contributed by atoms with Gasteiger partial charge in [0.05, 0.1) is 11.1 Å². The number of hydrogen-bond acceptors (Lipinski definition) is 4. The number of anilines is 2. The molecule has 0 amide bonds. The zero-order chi connectivity index (χ0) is 30.5. The molecule has 0 saturated heterocycles. The van der Waals surface area contributed by atoms with E-state index in [1.165, 1.54) is 0 Å². The second-order valence-electron chi connectivity index (χ2n) is 10.3. The summed E-state index contributed by atoms with van der Waals surface area (Å²) in [6.07, 6.45) is -9.63. The minimum Gasteiger partial charge on any atom is -0.472 e. The largest absolute Gasteiger partial charge is 0.472 e. The number of hydrogen-bond donors (Lipinski definition) is 0. The van der Waals surface area contributed by atoms with Gasteiger partial charge in [-0.05, 0) is 83.9 Å². The Hall–Kier alpha value is -3.76. The predicted octanol–water partition coefficient (Wildman–Crippen LogP) is 9.33. The Morgan fingerprint density at radius 3 is 1.30 bits per heavy atom. The lowest BCUT2D eigenvalue weighted by atomic mass is 9.93. The molecule has 0 fully saturated rings. The van der Waals surface area contributed by atoms with E-state index >= 15 is 0 Å². The maximum Gasteiger partial charge on any atom is 0.416 e. The van der Waals surface area contributed by atoms with Gasteiger partial charge in [-0.2, -0.15) is 26.3 Å². The van der Waals surface area contributed by atoms with E-state index in [1.54, 1.807) is 58.3 Å². The summed E-state index contributed by atoms with van der Waals surface area (Å²) in [5.74, 6) is 0.422. The molecular formula is C31H22Cl2F6N2O2. The third kappa shape index (κ3) is 6.17. The first-order chi connectivity index (χ1) is 20.3. The average Bonchev–Trinajstić information content (AvgIpc) is 2.96. The summed E-state index contributed by atoms with van der Waals surface area (Å²) in [7, 11) is 0. The number of halogens is 8. The third-order valence-corrected chi connectivity index (χ3v) is 7.86. The van der Waals surface area contributed by atoms with Crippen LogP contribution in [0.3, 0.4) is 0 Å². The minimum atomic E-state index is -4.69. The lowest BCUT2D eigenvalue weighted by Crippen LogP contribution is -2.33. The Morgan fingerprint density at radius 2 is 0.953 bits per heavy atom. The summed E-state index contributed by atoms with van der Waals surface area (Å²) in [5, 5.41) is 1.01. The molecule has 43 heavy (non-hydrogen) atoms. The SMILES string of the molecule is FC(F)(F)c1cc(Cc2cc(C(F)(F)F)cc3c2OCN(c2ccc(Cl)cc2)C3)c2c(c1)CN(c1ccc(Cl)cc1)CO2. The fraction of sp³-hybridized carbons (Fsp3) is 0.226. The van der Waals surface area contributed by atoms with E-state index in [1.807, 2.05) is 0 Å². The molecule has 0 bridgehead atoms. The van der Waals surface area contributed by atoms with Crippen molar-refractivity contribution in [2.24, 2.45) is 0 Å². The first kappa shape index (κ1) is 29.3. The van der Waals surface area contributed by atoms with Gasteiger partial charge >= 0.3 is 12.4 Å². The number of benzene rings is 4. The van der Waals surface area contributed by atoms with Crippen molar-refractivity contribution in [1.82, 2.24) is 0 Å². The molecule has 0 unspecified atom stereocenters. The van der Waals surface area contributed by atoms with Crippen LogP contribution in [0, 0.1) is 0 Å². The number of alkyl halides is 6. The van der Waals surface area contributed by atoms with E-state index in [4.69, 9.17) is 32.7 Å². The maximum atomic E-state index is 14.0. The van der Waals surface area contributed by atoms with E-state index in [9.17, 15) is 26.3 Å². The highest BCUT2D eigenvalue weighted by atomic mass is 35.5. The summed E-state index contributed by atoms with van der Waals surface area (Å²) in [4.78, 5) is 3.48. The molecule has 12 heteroatoms. The van der Waals surface area contributed by atoms with Crippen LogP contribution in [0.4, 0.5) is 37.7 Å². The molecule has 0 N–H and O–H groups in total. The second kappa shape index (κ2) is 11.1. The van der Waals surface area contributed by atoms with Crippen molar-refractivity contribution < 1.29 is 35.8 Å². The second-order valence-corrected chi connectivity index (χ2v) is 11.2. The monoisotopic (exact) mass is 638 g/mol.